The standard InChI is InChI=1S/C10H9NO2/c11-7-12-8-1-3-9(4-2-8)13-10-5-6-10/h1-4,10H,5-6H2. The predicted molar refractivity (Wildman–Crippen MR) is 46.3 cm³/mol. The van der Waals surface area contributed by atoms with Gasteiger partial charge in [0.2, 0.25) is 0 Å². The lowest BCUT2D eigenvalue weighted by molar-refractivity contribution is 0.303. The van der Waals surface area contributed by atoms with E-state index in [1.54, 1.807) is 18.4 Å². The molecule has 66 valence electrons. The molecule has 0 saturated heterocycles. The van der Waals surface area contributed by atoms with Crippen molar-refractivity contribution in [3.63, 3.8) is 0 Å². The first-order chi connectivity index (χ1) is 6.38. The highest BCUT2D eigenvalue weighted by atomic mass is 16.5. The topological polar surface area (TPSA) is 42.2 Å². The predicted octanol–water partition coefficient (Wildman–Crippen LogP) is 2.09. The minimum atomic E-state index is 0.405. The summed E-state index contributed by atoms with van der Waals surface area (Å²) in [5, 5.41) is 8.24. The maximum Gasteiger partial charge on any atom is 0.292 e. The zero-order valence-corrected chi connectivity index (χ0v) is 7.06. The molecule has 1 aromatic carbocycles. The van der Waals surface area contributed by atoms with Crippen LogP contribution in [0.2, 0.25) is 0 Å². The van der Waals surface area contributed by atoms with Gasteiger partial charge in [-0.15, -0.1) is 5.26 Å². The molecule has 0 atom stereocenters. The molecular formula is C10H9NO2. The highest BCUT2D eigenvalue weighted by Gasteiger charge is 2.23. The van der Waals surface area contributed by atoms with Crippen LogP contribution < -0.4 is 9.47 Å². The molecule has 0 N–H and O–H groups in total. The Bertz CT molecular complexity index is 322. The van der Waals surface area contributed by atoms with Crippen LogP contribution in [0.25, 0.3) is 0 Å². The second-order valence-corrected chi connectivity index (χ2v) is 2.98. The molecule has 0 aliphatic heterocycles. The smallest absolute Gasteiger partial charge is 0.292 e. The first kappa shape index (κ1) is 7.93. The summed E-state index contributed by atoms with van der Waals surface area (Å²) in [6, 6.07) is 7.07. The Labute approximate surface area is 76.5 Å². The highest BCUT2D eigenvalue weighted by molar-refractivity contribution is 5.32. The van der Waals surface area contributed by atoms with Crippen LogP contribution in [0, 0.1) is 11.5 Å². The molecule has 0 unspecified atom stereocenters. The molecule has 0 radical (unpaired) electrons. The number of hydrogen-bond acceptors (Lipinski definition) is 3. The molecule has 13 heavy (non-hydrogen) atoms. The number of nitrogens with zero attached hydrogens (tertiary/aromatic N) is 1. The van der Waals surface area contributed by atoms with Crippen LogP contribution in [0.1, 0.15) is 12.8 Å². The van der Waals surface area contributed by atoms with Crippen LogP contribution in [0.15, 0.2) is 24.3 Å². The van der Waals surface area contributed by atoms with Gasteiger partial charge in [-0.1, -0.05) is 0 Å². The van der Waals surface area contributed by atoms with E-state index in [1.165, 1.54) is 0 Å². The van der Waals surface area contributed by atoms with Gasteiger partial charge in [0.15, 0.2) is 0 Å². The van der Waals surface area contributed by atoms with Crippen LogP contribution in [-0.2, 0) is 0 Å². The van der Waals surface area contributed by atoms with Gasteiger partial charge in [-0.3, -0.25) is 0 Å². The Morgan fingerprint density at radius 1 is 1.15 bits per heavy atom. The molecule has 1 aliphatic carbocycles. The van der Waals surface area contributed by atoms with Crippen molar-refractivity contribution in [3.8, 4) is 17.8 Å². The normalized spacial score (nSPS) is 14.7. The summed E-state index contributed by atoms with van der Waals surface area (Å²) in [4.78, 5) is 0. The van der Waals surface area contributed by atoms with Gasteiger partial charge in [-0.2, -0.15) is 0 Å². The second kappa shape index (κ2) is 3.36. The van der Waals surface area contributed by atoms with Gasteiger partial charge < -0.3 is 9.47 Å². The summed E-state index contributed by atoms with van der Waals surface area (Å²) in [5.41, 5.74) is 0. The van der Waals surface area contributed by atoms with E-state index in [9.17, 15) is 0 Å². The Morgan fingerprint density at radius 3 is 2.31 bits per heavy atom. The molecule has 3 nitrogen and oxygen atoms in total. The minimum Gasteiger partial charge on any atom is -0.490 e. The Balaban J connectivity index is 2.00. The van der Waals surface area contributed by atoms with Gasteiger partial charge in [0, 0.05) is 0 Å². The molecule has 2 rings (SSSR count). The number of nitriles is 1. The highest BCUT2D eigenvalue weighted by Crippen LogP contribution is 2.27. The molecule has 1 aromatic rings. The average Bonchev–Trinajstić information content (AvgIpc) is 2.93. The lowest BCUT2D eigenvalue weighted by atomic mass is 10.3. The van der Waals surface area contributed by atoms with Crippen molar-refractivity contribution >= 4 is 0 Å². The van der Waals surface area contributed by atoms with Crippen LogP contribution in [0.3, 0.4) is 0 Å². The number of rotatable bonds is 3. The Hall–Kier alpha value is -1.69. The SMILES string of the molecule is N#COc1ccc(OC2CC2)cc1. The van der Waals surface area contributed by atoms with Gasteiger partial charge in [-0.05, 0) is 37.1 Å². The average molecular weight is 175 g/mol. The van der Waals surface area contributed by atoms with Crippen molar-refractivity contribution in [2.24, 2.45) is 0 Å². The number of hydrogen-bond donors (Lipinski definition) is 0. The first-order valence-electron chi connectivity index (χ1n) is 4.21. The lowest BCUT2D eigenvalue weighted by Crippen LogP contribution is -1.95. The molecule has 1 saturated carbocycles. The third-order valence-electron chi connectivity index (χ3n) is 1.81. The molecule has 0 bridgehead atoms. The van der Waals surface area contributed by atoms with Crippen LogP contribution in [-0.4, -0.2) is 6.10 Å². The quantitative estimate of drug-likeness (QED) is 0.660. The first-order valence-corrected chi connectivity index (χ1v) is 4.21. The summed E-state index contributed by atoms with van der Waals surface area (Å²) < 4.78 is 10.2. The van der Waals surface area contributed by atoms with E-state index in [-0.39, 0.29) is 0 Å². The van der Waals surface area contributed by atoms with E-state index in [4.69, 9.17) is 10.00 Å². The van der Waals surface area contributed by atoms with Gasteiger partial charge in [-0.25, -0.2) is 0 Å². The maximum absolute atomic E-state index is 8.24. The van der Waals surface area contributed by atoms with Crippen molar-refractivity contribution in [2.45, 2.75) is 18.9 Å². The fraction of sp³-hybridized carbons (Fsp3) is 0.300. The zero-order chi connectivity index (χ0) is 9.10. The summed E-state index contributed by atoms with van der Waals surface area (Å²) in [6.45, 7) is 0. The minimum absolute atomic E-state index is 0.405. The summed E-state index contributed by atoms with van der Waals surface area (Å²) in [6.07, 6.45) is 4.32. The Kier molecular flexibility index (Phi) is 2.05. The van der Waals surface area contributed by atoms with Crippen LogP contribution in [0.5, 0.6) is 11.5 Å². The summed E-state index contributed by atoms with van der Waals surface area (Å²) in [5.74, 6) is 1.39. The lowest BCUT2D eigenvalue weighted by Gasteiger charge is -2.03. The van der Waals surface area contributed by atoms with Gasteiger partial charge in [0.05, 0.1) is 6.10 Å². The molecule has 0 heterocycles. The van der Waals surface area contributed by atoms with E-state index in [2.05, 4.69) is 4.74 Å². The van der Waals surface area contributed by atoms with Crippen LogP contribution in [0.4, 0.5) is 0 Å². The van der Waals surface area contributed by atoms with E-state index in [1.807, 2.05) is 12.1 Å². The molecule has 0 amide bonds. The fourth-order valence-corrected chi connectivity index (χ4v) is 1.02. The van der Waals surface area contributed by atoms with E-state index in [0.717, 1.165) is 18.6 Å². The maximum atomic E-state index is 8.24. The molecular weight excluding hydrogens is 166 g/mol. The van der Waals surface area contributed by atoms with Crippen molar-refractivity contribution in [1.82, 2.24) is 0 Å². The third kappa shape index (κ3) is 2.12. The fourth-order valence-electron chi connectivity index (χ4n) is 1.02. The molecule has 0 aromatic heterocycles. The van der Waals surface area contributed by atoms with E-state index in [0.29, 0.717) is 11.9 Å². The van der Waals surface area contributed by atoms with Gasteiger partial charge in [0.1, 0.15) is 11.5 Å². The van der Waals surface area contributed by atoms with Crippen LogP contribution >= 0.6 is 0 Å². The van der Waals surface area contributed by atoms with Crippen molar-refractivity contribution in [2.75, 3.05) is 0 Å². The van der Waals surface area contributed by atoms with Crippen molar-refractivity contribution < 1.29 is 9.47 Å². The van der Waals surface area contributed by atoms with Gasteiger partial charge in [0.25, 0.3) is 6.26 Å². The van der Waals surface area contributed by atoms with Crippen molar-refractivity contribution in [1.29, 1.82) is 5.26 Å². The zero-order valence-electron chi connectivity index (χ0n) is 7.06. The second-order valence-electron chi connectivity index (χ2n) is 2.98. The van der Waals surface area contributed by atoms with E-state index >= 15 is 0 Å². The third-order valence-corrected chi connectivity index (χ3v) is 1.81. The number of benzene rings is 1. The number of ether oxygens (including phenoxy) is 2. The monoisotopic (exact) mass is 175 g/mol. The molecule has 1 aliphatic rings. The summed E-state index contributed by atoms with van der Waals surface area (Å²) in [7, 11) is 0. The molecule has 0 spiro atoms. The Morgan fingerprint density at radius 2 is 1.77 bits per heavy atom. The van der Waals surface area contributed by atoms with Crippen molar-refractivity contribution in [3.05, 3.63) is 24.3 Å². The largest absolute Gasteiger partial charge is 0.490 e. The van der Waals surface area contributed by atoms with Gasteiger partial charge >= 0.3 is 0 Å². The molecule has 3 heteroatoms. The molecule has 1 fully saturated rings. The van der Waals surface area contributed by atoms with E-state index < -0.39 is 0 Å². The summed E-state index contributed by atoms with van der Waals surface area (Å²) >= 11 is 0.